The van der Waals surface area contributed by atoms with Gasteiger partial charge in [0.1, 0.15) is 4.90 Å². The Bertz CT molecular complexity index is 1350. The van der Waals surface area contributed by atoms with Gasteiger partial charge in [0.15, 0.2) is 5.75 Å². The van der Waals surface area contributed by atoms with Crippen LogP contribution in [-0.4, -0.2) is 43.7 Å². The molecule has 0 saturated carbocycles. The SMILES string of the molecule is O=S(=O)(Oc1cccc2c(CSCCN3CCC(c4ccccc4)CC3)c[nH]c12)c1ccccc1. The minimum absolute atomic E-state index is 0.146. The van der Waals surface area contributed by atoms with Crippen molar-refractivity contribution in [1.82, 2.24) is 9.88 Å². The number of nitrogens with one attached hydrogen (secondary N) is 1. The third kappa shape index (κ3) is 5.74. The monoisotopic (exact) mass is 506 g/mol. The maximum atomic E-state index is 12.7. The summed E-state index contributed by atoms with van der Waals surface area (Å²) in [5.41, 5.74) is 3.35. The Morgan fingerprint density at radius 2 is 1.63 bits per heavy atom. The standard InChI is InChI=1S/C28H30N2O3S2/c31-35(32,25-10-5-2-6-11-25)33-27-13-7-12-26-24(20-29-28(26)27)21-34-19-18-30-16-14-23(15-17-30)22-8-3-1-4-9-22/h1-13,20,23,29H,14-19,21H2. The van der Waals surface area contributed by atoms with Crippen LogP contribution in [0.1, 0.15) is 29.9 Å². The van der Waals surface area contributed by atoms with Crippen molar-refractivity contribution in [2.24, 2.45) is 0 Å². The van der Waals surface area contributed by atoms with Gasteiger partial charge in [-0.3, -0.25) is 0 Å². The molecular formula is C28H30N2O3S2. The van der Waals surface area contributed by atoms with Crippen molar-refractivity contribution in [3.63, 3.8) is 0 Å². The Morgan fingerprint density at radius 3 is 2.37 bits per heavy atom. The summed E-state index contributed by atoms with van der Waals surface area (Å²) in [5.74, 6) is 2.95. The number of piperidine rings is 1. The van der Waals surface area contributed by atoms with Gasteiger partial charge in [-0.1, -0.05) is 60.7 Å². The van der Waals surface area contributed by atoms with Crippen LogP contribution in [-0.2, 0) is 15.9 Å². The van der Waals surface area contributed by atoms with E-state index in [1.807, 2.05) is 30.1 Å². The van der Waals surface area contributed by atoms with Gasteiger partial charge in [0.05, 0.1) is 5.52 Å². The predicted molar refractivity (Wildman–Crippen MR) is 144 cm³/mol. The fraction of sp³-hybridized carbons (Fsp3) is 0.286. The lowest BCUT2D eigenvalue weighted by molar-refractivity contribution is 0.224. The van der Waals surface area contributed by atoms with E-state index in [9.17, 15) is 8.42 Å². The molecule has 1 aliphatic rings. The molecular weight excluding hydrogens is 476 g/mol. The average molecular weight is 507 g/mol. The van der Waals surface area contributed by atoms with Crippen molar-refractivity contribution in [3.8, 4) is 5.75 Å². The zero-order chi connectivity index (χ0) is 24.1. The van der Waals surface area contributed by atoms with Crippen LogP contribution in [0.3, 0.4) is 0 Å². The van der Waals surface area contributed by atoms with Crippen LogP contribution in [0.25, 0.3) is 10.9 Å². The molecule has 0 atom stereocenters. The Morgan fingerprint density at radius 1 is 0.914 bits per heavy atom. The van der Waals surface area contributed by atoms with Crippen molar-refractivity contribution in [3.05, 3.63) is 96.2 Å². The molecule has 3 aromatic carbocycles. The molecule has 1 aliphatic heterocycles. The number of H-pyrrole nitrogens is 1. The zero-order valence-corrected chi connectivity index (χ0v) is 21.2. The predicted octanol–water partition coefficient (Wildman–Crippen LogP) is 6.05. The Balaban J connectivity index is 1.14. The zero-order valence-electron chi connectivity index (χ0n) is 19.6. The van der Waals surface area contributed by atoms with Crippen molar-refractivity contribution in [2.75, 3.05) is 25.4 Å². The summed E-state index contributed by atoms with van der Waals surface area (Å²) in [6.45, 7) is 3.41. The lowest BCUT2D eigenvalue weighted by atomic mass is 9.89. The molecule has 0 radical (unpaired) electrons. The van der Waals surface area contributed by atoms with Gasteiger partial charge in [0.2, 0.25) is 0 Å². The maximum Gasteiger partial charge on any atom is 0.339 e. The number of hydrogen-bond acceptors (Lipinski definition) is 5. The maximum absolute atomic E-state index is 12.7. The molecule has 1 N–H and O–H groups in total. The van der Waals surface area contributed by atoms with Gasteiger partial charge in [-0.2, -0.15) is 20.2 Å². The molecule has 5 nitrogen and oxygen atoms in total. The number of aromatic amines is 1. The average Bonchev–Trinajstić information content (AvgIpc) is 3.32. The number of para-hydroxylation sites is 1. The summed E-state index contributed by atoms with van der Waals surface area (Å²) < 4.78 is 30.8. The minimum Gasteiger partial charge on any atom is -0.377 e. The number of nitrogens with zero attached hydrogens (tertiary/aromatic N) is 1. The van der Waals surface area contributed by atoms with Crippen molar-refractivity contribution in [2.45, 2.75) is 29.4 Å². The summed E-state index contributed by atoms with van der Waals surface area (Å²) in [4.78, 5) is 5.95. The summed E-state index contributed by atoms with van der Waals surface area (Å²) in [6, 6.07) is 24.7. The molecule has 0 unspecified atom stereocenters. The van der Waals surface area contributed by atoms with Gasteiger partial charge in [0.25, 0.3) is 0 Å². The number of benzene rings is 3. The molecule has 1 fully saturated rings. The van der Waals surface area contributed by atoms with Gasteiger partial charge < -0.3 is 14.1 Å². The number of aromatic nitrogens is 1. The van der Waals surface area contributed by atoms with E-state index in [4.69, 9.17) is 4.18 Å². The normalized spacial score (nSPS) is 15.4. The quantitative estimate of drug-likeness (QED) is 0.221. The van der Waals surface area contributed by atoms with E-state index >= 15 is 0 Å². The topological polar surface area (TPSA) is 62.4 Å². The van der Waals surface area contributed by atoms with Crippen LogP contribution in [0.5, 0.6) is 5.75 Å². The first-order valence-electron chi connectivity index (χ1n) is 12.0. The summed E-state index contributed by atoms with van der Waals surface area (Å²) in [6.07, 6.45) is 4.42. The van der Waals surface area contributed by atoms with Crippen molar-refractivity contribution in [1.29, 1.82) is 0 Å². The van der Waals surface area contributed by atoms with Crippen LogP contribution in [0, 0.1) is 0 Å². The fourth-order valence-electron chi connectivity index (χ4n) is 4.72. The Hall–Kier alpha value is -2.74. The molecule has 5 rings (SSSR count). The first-order chi connectivity index (χ1) is 17.1. The highest BCUT2D eigenvalue weighted by Crippen LogP contribution is 2.32. The van der Waals surface area contributed by atoms with Gasteiger partial charge in [-0.05, 0) is 61.2 Å². The van der Waals surface area contributed by atoms with Crippen molar-refractivity contribution >= 4 is 32.8 Å². The van der Waals surface area contributed by atoms with Crippen LogP contribution in [0.2, 0.25) is 0 Å². The van der Waals surface area contributed by atoms with E-state index in [2.05, 4.69) is 40.2 Å². The fourth-order valence-corrected chi connectivity index (χ4v) is 6.67. The van der Waals surface area contributed by atoms with E-state index < -0.39 is 10.1 Å². The Labute approximate surface area is 211 Å². The largest absolute Gasteiger partial charge is 0.377 e. The molecule has 0 amide bonds. The van der Waals surface area contributed by atoms with E-state index in [0.717, 1.165) is 42.1 Å². The van der Waals surface area contributed by atoms with Gasteiger partial charge in [0, 0.05) is 29.6 Å². The lowest BCUT2D eigenvalue weighted by Crippen LogP contribution is -2.34. The second kappa shape index (κ2) is 10.9. The second-order valence-electron chi connectivity index (χ2n) is 8.92. The van der Waals surface area contributed by atoms with Gasteiger partial charge in [-0.25, -0.2) is 0 Å². The number of likely N-dealkylation sites (tertiary alicyclic amines) is 1. The molecule has 7 heteroatoms. The highest BCUT2D eigenvalue weighted by atomic mass is 32.2. The molecule has 2 heterocycles. The summed E-state index contributed by atoms with van der Waals surface area (Å²) >= 11 is 1.91. The number of rotatable bonds is 9. The number of hydrogen-bond donors (Lipinski definition) is 1. The number of thioether (sulfide) groups is 1. The molecule has 0 aliphatic carbocycles. The minimum atomic E-state index is -3.88. The molecule has 1 saturated heterocycles. The van der Waals surface area contributed by atoms with Crippen molar-refractivity contribution < 1.29 is 12.6 Å². The van der Waals surface area contributed by atoms with Crippen LogP contribution < -0.4 is 4.18 Å². The molecule has 1 aromatic heterocycles. The smallest absolute Gasteiger partial charge is 0.339 e. The highest BCUT2D eigenvalue weighted by molar-refractivity contribution is 7.98. The van der Waals surface area contributed by atoms with E-state index in [1.54, 1.807) is 24.3 Å². The molecule has 0 bridgehead atoms. The molecule has 0 spiro atoms. The van der Waals surface area contributed by atoms with Crippen LogP contribution >= 0.6 is 11.8 Å². The van der Waals surface area contributed by atoms with Crippen LogP contribution in [0.4, 0.5) is 0 Å². The highest BCUT2D eigenvalue weighted by Gasteiger charge is 2.21. The molecule has 35 heavy (non-hydrogen) atoms. The first kappa shape index (κ1) is 24.0. The van der Waals surface area contributed by atoms with E-state index in [0.29, 0.717) is 17.2 Å². The first-order valence-corrected chi connectivity index (χ1v) is 14.6. The van der Waals surface area contributed by atoms with Crippen LogP contribution in [0.15, 0.2) is 90.0 Å². The molecule has 182 valence electrons. The summed E-state index contributed by atoms with van der Waals surface area (Å²) in [7, 11) is -3.88. The lowest BCUT2D eigenvalue weighted by Gasteiger charge is -2.32. The third-order valence-electron chi connectivity index (χ3n) is 6.66. The summed E-state index contributed by atoms with van der Waals surface area (Å²) in [5, 5.41) is 1.00. The Kier molecular flexibility index (Phi) is 7.46. The second-order valence-corrected chi connectivity index (χ2v) is 11.6. The molecule has 4 aromatic rings. The van der Waals surface area contributed by atoms with E-state index in [-0.39, 0.29) is 4.90 Å². The van der Waals surface area contributed by atoms with E-state index in [1.165, 1.54) is 30.5 Å². The number of fused-ring (bicyclic) bond motifs is 1. The van der Waals surface area contributed by atoms with Gasteiger partial charge in [-0.15, -0.1) is 0 Å². The van der Waals surface area contributed by atoms with Gasteiger partial charge >= 0.3 is 10.1 Å². The third-order valence-corrected chi connectivity index (χ3v) is 8.90.